The van der Waals surface area contributed by atoms with E-state index in [2.05, 4.69) is 11.4 Å². The lowest BCUT2D eigenvalue weighted by atomic mass is 10.2. The first-order chi connectivity index (χ1) is 7.10. The molecular weight excluding hydrogens is 194 g/mol. The molecule has 0 aliphatic heterocycles. The fourth-order valence-electron chi connectivity index (χ4n) is 1.17. The Morgan fingerprint density at radius 2 is 2.33 bits per heavy atom. The Balaban J connectivity index is 3.63. The molecule has 1 unspecified atom stereocenters. The lowest BCUT2D eigenvalue weighted by Gasteiger charge is -2.16. The zero-order chi connectivity index (χ0) is 11.7. The van der Waals surface area contributed by atoms with Crippen molar-refractivity contribution in [2.24, 2.45) is 5.92 Å². The second-order valence-corrected chi connectivity index (χ2v) is 3.57. The van der Waals surface area contributed by atoms with Gasteiger partial charge in [-0.1, -0.05) is 0 Å². The molecule has 5 nitrogen and oxygen atoms in total. The molecule has 0 aromatic carbocycles. The second-order valence-electron chi connectivity index (χ2n) is 3.57. The summed E-state index contributed by atoms with van der Waals surface area (Å²) in [5.41, 5.74) is 0. The maximum Gasteiger partial charge on any atom is 0.234 e. The maximum absolute atomic E-state index is 11.3. The number of hydrogen-bond acceptors (Lipinski definition) is 4. The van der Waals surface area contributed by atoms with Crippen molar-refractivity contribution in [3.63, 3.8) is 0 Å². The van der Waals surface area contributed by atoms with Crippen molar-refractivity contribution in [1.29, 1.82) is 5.26 Å². The van der Waals surface area contributed by atoms with Crippen molar-refractivity contribution in [3.05, 3.63) is 0 Å². The van der Waals surface area contributed by atoms with Crippen LogP contribution in [0.2, 0.25) is 0 Å². The number of amides is 1. The van der Waals surface area contributed by atoms with Gasteiger partial charge in [-0.2, -0.15) is 5.26 Å². The Morgan fingerprint density at radius 1 is 1.67 bits per heavy atom. The summed E-state index contributed by atoms with van der Waals surface area (Å²) in [6.45, 7) is 3.80. The number of nitrogens with one attached hydrogen (secondary N) is 1. The van der Waals surface area contributed by atoms with Gasteiger partial charge in [0.15, 0.2) is 0 Å². The van der Waals surface area contributed by atoms with Crippen LogP contribution in [0.3, 0.4) is 0 Å². The number of rotatable bonds is 7. The van der Waals surface area contributed by atoms with Gasteiger partial charge in [-0.25, -0.2) is 0 Å². The van der Waals surface area contributed by atoms with E-state index < -0.39 is 0 Å². The molecule has 0 fully saturated rings. The highest BCUT2D eigenvalue weighted by atomic mass is 16.5. The first-order valence-electron chi connectivity index (χ1n) is 4.94. The van der Waals surface area contributed by atoms with Gasteiger partial charge < -0.3 is 10.1 Å². The summed E-state index contributed by atoms with van der Waals surface area (Å²) in [4.78, 5) is 13.1. The maximum atomic E-state index is 11.3. The minimum Gasteiger partial charge on any atom is -0.383 e. The van der Waals surface area contributed by atoms with Crippen LogP contribution < -0.4 is 5.32 Å². The number of hydrogen-bond donors (Lipinski definition) is 1. The smallest absolute Gasteiger partial charge is 0.234 e. The van der Waals surface area contributed by atoms with Crippen LogP contribution in [-0.4, -0.2) is 51.2 Å². The van der Waals surface area contributed by atoms with Gasteiger partial charge in [0, 0.05) is 20.2 Å². The number of methoxy groups -OCH3 is 1. The average Bonchev–Trinajstić information content (AvgIpc) is 2.17. The van der Waals surface area contributed by atoms with Gasteiger partial charge in [-0.3, -0.25) is 9.69 Å². The van der Waals surface area contributed by atoms with E-state index in [0.29, 0.717) is 26.2 Å². The summed E-state index contributed by atoms with van der Waals surface area (Å²) in [6, 6.07) is 2.13. The number of carbonyl (C=O) groups is 1. The van der Waals surface area contributed by atoms with Gasteiger partial charge in [0.25, 0.3) is 0 Å². The zero-order valence-corrected chi connectivity index (χ0v) is 9.62. The fourth-order valence-corrected chi connectivity index (χ4v) is 1.17. The van der Waals surface area contributed by atoms with Crippen LogP contribution in [-0.2, 0) is 9.53 Å². The fraction of sp³-hybridized carbons (Fsp3) is 0.800. The van der Waals surface area contributed by atoms with E-state index in [1.807, 2.05) is 18.9 Å². The number of ether oxygens (including phenoxy) is 1. The third-order valence-corrected chi connectivity index (χ3v) is 1.85. The van der Waals surface area contributed by atoms with Crippen LogP contribution in [0.25, 0.3) is 0 Å². The molecule has 0 saturated heterocycles. The minimum absolute atomic E-state index is 0.0420. The molecule has 1 atom stereocenters. The summed E-state index contributed by atoms with van der Waals surface area (Å²) in [5.74, 6) is -0.0959. The highest BCUT2D eigenvalue weighted by Gasteiger charge is 2.08. The summed E-state index contributed by atoms with van der Waals surface area (Å²) in [7, 11) is 3.41. The Morgan fingerprint density at radius 3 is 2.87 bits per heavy atom. The second kappa shape index (κ2) is 8.21. The summed E-state index contributed by atoms with van der Waals surface area (Å²) < 4.78 is 4.81. The largest absolute Gasteiger partial charge is 0.383 e. The van der Waals surface area contributed by atoms with Crippen LogP contribution in [0.15, 0.2) is 0 Å². The van der Waals surface area contributed by atoms with E-state index >= 15 is 0 Å². The molecule has 1 N–H and O–H groups in total. The predicted molar refractivity (Wildman–Crippen MR) is 57.2 cm³/mol. The van der Waals surface area contributed by atoms with Crippen LogP contribution in [0.1, 0.15) is 6.92 Å². The van der Waals surface area contributed by atoms with Crippen LogP contribution in [0, 0.1) is 17.2 Å². The Hall–Kier alpha value is -1.12. The topological polar surface area (TPSA) is 65.4 Å². The number of nitrogens with zero attached hydrogens (tertiary/aromatic N) is 2. The quantitative estimate of drug-likeness (QED) is 0.597. The van der Waals surface area contributed by atoms with Gasteiger partial charge in [-0.15, -0.1) is 0 Å². The van der Waals surface area contributed by atoms with Crippen molar-refractivity contribution < 1.29 is 9.53 Å². The molecular formula is C10H19N3O2. The third kappa shape index (κ3) is 7.91. The lowest BCUT2D eigenvalue weighted by Crippen LogP contribution is -2.38. The molecule has 15 heavy (non-hydrogen) atoms. The van der Waals surface area contributed by atoms with E-state index in [1.165, 1.54) is 0 Å². The number of likely N-dealkylation sites (N-methyl/N-ethyl adjacent to an activating group) is 1. The third-order valence-electron chi connectivity index (χ3n) is 1.85. The molecule has 0 aliphatic rings. The first kappa shape index (κ1) is 13.9. The van der Waals surface area contributed by atoms with Crippen LogP contribution in [0.5, 0.6) is 0 Å². The molecule has 0 saturated carbocycles. The number of nitriles is 1. The molecule has 0 aromatic rings. The summed E-state index contributed by atoms with van der Waals surface area (Å²) in [5, 5.41) is 11.3. The summed E-state index contributed by atoms with van der Waals surface area (Å²) >= 11 is 0. The van der Waals surface area contributed by atoms with Crippen molar-refractivity contribution in [1.82, 2.24) is 10.2 Å². The van der Waals surface area contributed by atoms with Gasteiger partial charge in [0.2, 0.25) is 5.91 Å². The SMILES string of the molecule is COCCNC(=O)CN(C)CC(C)C#N. The molecule has 0 aromatic heterocycles. The Kier molecular flexibility index (Phi) is 7.60. The van der Waals surface area contributed by atoms with Crippen molar-refractivity contribution in [2.75, 3.05) is 40.4 Å². The highest BCUT2D eigenvalue weighted by Crippen LogP contribution is 1.94. The van der Waals surface area contributed by atoms with E-state index in [4.69, 9.17) is 10.00 Å². The molecule has 0 spiro atoms. The zero-order valence-electron chi connectivity index (χ0n) is 9.62. The lowest BCUT2D eigenvalue weighted by molar-refractivity contribution is -0.122. The number of carbonyl (C=O) groups excluding carboxylic acids is 1. The van der Waals surface area contributed by atoms with Crippen LogP contribution >= 0.6 is 0 Å². The van der Waals surface area contributed by atoms with Crippen molar-refractivity contribution in [3.8, 4) is 6.07 Å². The molecule has 0 radical (unpaired) electrons. The van der Waals surface area contributed by atoms with Gasteiger partial charge in [0.1, 0.15) is 0 Å². The molecule has 0 bridgehead atoms. The van der Waals surface area contributed by atoms with Gasteiger partial charge in [0.05, 0.1) is 25.1 Å². The normalized spacial score (nSPS) is 12.2. The molecule has 0 aliphatic carbocycles. The molecule has 0 rings (SSSR count). The van der Waals surface area contributed by atoms with Crippen LogP contribution in [0.4, 0.5) is 0 Å². The van der Waals surface area contributed by atoms with E-state index in [1.54, 1.807) is 7.11 Å². The minimum atomic E-state index is -0.0539. The molecule has 0 heterocycles. The van der Waals surface area contributed by atoms with Crippen molar-refractivity contribution >= 4 is 5.91 Å². The molecule has 86 valence electrons. The van der Waals surface area contributed by atoms with E-state index in [-0.39, 0.29) is 11.8 Å². The van der Waals surface area contributed by atoms with Crippen molar-refractivity contribution in [2.45, 2.75) is 6.92 Å². The molecule has 5 heteroatoms. The first-order valence-corrected chi connectivity index (χ1v) is 4.94. The monoisotopic (exact) mass is 213 g/mol. The average molecular weight is 213 g/mol. The van der Waals surface area contributed by atoms with Gasteiger partial charge >= 0.3 is 0 Å². The predicted octanol–water partition coefficient (Wildman–Crippen LogP) is -0.160. The molecule has 1 amide bonds. The standard InChI is InChI=1S/C10H19N3O2/c1-9(6-11)7-13(2)8-10(14)12-4-5-15-3/h9H,4-5,7-8H2,1-3H3,(H,12,14). The van der Waals surface area contributed by atoms with E-state index in [9.17, 15) is 4.79 Å². The van der Waals surface area contributed by atoms with E-state index in [0.717, 1.165) is 0 Å². The van der Waals surface area contributed by atoms with Gasteiger partial charge in [-0.05, 0) is 14.0 Å². The Bertz CT molecular complexity index is 225. The summed E-state index contributed by atoms with van der Waals surface area (Å²) in [6.07, 6.45) is 0. The Labute approximate surface area is 91.0 Å². The highest BCUT2D eigenvalue weighted by molar-refractivity contribution is 5.77.